The topological polar surface area (TPSA) is 55.6 Å². The monoisotopic (exact) mass is 283 g/mol. The van der Waals surface area contributed by atoms with Crippen molar-refractivity contribution < 1.29 is 0 Å². The Morgan fingerprint density at radius 3 is 3.05 bits per heavy atom. The Hall–Kier alpha value is -2.21. The summed E-state index contributed by atoms with van der Waals surface area (Å²) < 4.78 is 1.99. The molecule has 3 aromatic rings. The van der Waals surface area contributed by atoms with Crippen LogP contribution in [0.3, 0.4) is 0 Å². The Morgan fingerprint density at radius 1 is 1.25 bits per heavy atom. The van der Waals surface area contributed by atoms with Crippen LogP contribution in [0.2, 0.25) is 0 Å². The summed E-state index contributed by atoms with van der Waals surface area (Å²) in [7, 11) is 0. The van der Waals surface area contributed by atoms with E-state index in [1.807, 2.05) is 22.9 Å². The van der Waals surface area contributed by atoms with Crippen LogP contribution >= 0.6 is 11.3 Å². The van der Waals surface area contributed by atoms with E-state index < -0.39 is 0 Å². The maximum absolute atomic E-state index is 4.65. The third-order valence-corrected chi connectivity index (χ3v) is 4.37. The van der Waals surface area contributed by atoms with Crippen molar-refractivity contribution in [2.45, 2.75) is 12.5 Å². The zero-order valence-electron chi connectivity index (χ0n) is 10.7. The van der Waals surface area contributed by atoms with Gasteiger partial charge in [-0.25, -0.2) is 4.68 Å². The van der Waals surface area contributed by atoms with Crippen LogP contribution in [0.5, 0.6) is 0 Å². The number of thiophene rings is 1. The normalized spacial score (nSPS) is 17.5. The van der Waals surface area contributed by atoms with Gasteiger partial charge in [0.2, 0.25) is 11.8 Å². The molecule has 0 radical (unpaired) electrons. The van der Waals surface area contributed by atoms with Gasteiger partial charge < -0.3 is 5.32 Å². The van der Waals surface area contributed by atoms with E-state index in [1.165, 1.54) is 4.88 Å². The maximum Gasteiger partial charge on any atom is 0.222 e. The zero-order valence-corrected chi connectivity index (χ0v) is 11.5. The molecular weight excluding hydrogens is 270 g/mol. The molecule has 20 heavy (non-hydrogen) atoms. The molecule has 1 unspecified atom stereocenters. The highest BCUT2D eigenvalue weighted by molar-refractivity contribution is 7.10. The lowest BCUT2D eigenvalue weighted by Crippen LogP contribution is -2.24. The third-order valence-electron chi connectivity index (χ3n) is 3.39. The minimum absolute atomic E-state index is 0.274. The van der Waals surface area contributed by atoms with Crippen molar-refractivity contribution in [3.8, 4) is 11.5 Å². The first-order chi connectivity index (χ1) is 9.92. The fourth-order valence-electron chi connectivity index (χ4n) is 2.45. The number of hydrogen-bond donors (Lipinski definition) is 1. The number of nitrogens with zero attached hydrogens (tertiary/aromatic N) is 4. The number of nitrogens with one attached hydrogen (secondary N) is 1. The van der Waals surface area contributed by atoms with Crippen molar-refractivity contribution in [3.05, 3.63) is 46.8 Å². The molecule has 1 aliphatic heterocycles. The van der Waals surface area contributed by atoms with Crippen LogP contribution in [0.15, 0.2) is 41.9 Å². The molecule has 5 nitrogen and oxygen atoms in total. The molecular formula is C14H13N5S. The molecule has 0 spiro atoms. The second kappa shape index (κ2) is 4.72. The zero-order chi connectivity index (χ0) is 13.4. The summed E-state index contributed by atoms with van der Waals surface area (Å²) in [4.78, 5) is 10.2. The molecule has 0 amide bonds. The highest BCUT2D eigenvalue weighted by atomic mass is 32.1. The summed E-state index contributed by atoms with van der Waals surface area (Å²) in [5.74, 6) is 1.51. The number of pyridine rings is 1. The van der Waals surface area contributed by atoms with Crippen LogP contribution in [-0.4, -0.2) is 26.3 Å². The van der Waals surface area contributed by atoms with Crippen molar-refractivity contribution in [1.82, 2.24) is 19.7 Å². The van der Waals surface area contributed by atoms with Gasteiger partial charge in [0.25, 0.3) is 0 Å². The first-order valence-electron chi connectivity index (χ1n) is 6.57. The molecule has 4 rings (SSSR count). The summed E-state index contributed by atoms with van der Waals surface area (Å²) in [6.45, 7) is 0.920. The quantitative estimate of drug-likeness (QED) is 0.785. The Labute approximate surface area is 120 Å². The predicted octanol–water partition coefficient (Wildman–Crippen LogP) is 2.81. The number of hydrogen-bond acceptors (Lipinski definition) is 5. The van der Waals surface area contributed by atoms with Gasteiger partial charge in [-0.1, -0.05) is 12.1 Å². The molecule has 0 aliphatic carbocycles. The molecule has 1 aliphatic rings. The summed E-state index contributed by atoms with van der Waals surface area (Å²) in [6.07, 6.45) is 2.79. The predicted molar refractivity (Wildman–Crippen MR) is 78.8 cm³/mol. The Morgan fingerprint density at radius 2 is 2.25 bits per heavy atom. The Bertz CT molecular complexity index is 705. The largest absolute Gasteiger partial charge is 0.354 e. The first-order valence-corrected chi connectivity index (χ1v) is 7.45. The first kappa shape index (κ1) is 11.6. The Kier molecular flexibility index (Phi) is 2.74. The van der Waals surface area contributed by atoms with Crippen molar-refractivity contribution in [1.29, 1.82) is 0 Å². The third kappa shape index (κ3) is 1.89. The van der Waals surface area contributed by atoms with Crippen molar-refractivity contribution in [2.24, 2.45) is 0 Å². The smallest absolute Gasteiger partial charge is 0.222 e. The standard InChI is InChI=1S/C14H13N5S/c1-2-7-15-10(4-1)13-17-14-16-8-6-11(19(14)18-13)12-5-3-9-20-12/h1-5,7,9,11H,6,8H2,(H,16,17,18). The molecule has 1 atom stereocenters. The second-order valence-electron chi connectivity index (χ2n) is 4.67. The van der Waals surface area contributed by atoms with E-state index in [-0.39, 0.29) is 6.04 Å². The lowest BCUT2D eigenvalue weighted by Gasteiger charge is -2.23. The van der Waals surface area contributed by atoms with Crippen molar-refractivity contribution in [2.75, 3.05) is 11.9 Å². The van der Waals surface area contributed by atoms with Crippen LogP contribution in [-0.2, 0) is 0 Å². The van der Waals surface area contributed by atoms with Crippen LogP contribution in [0.1, 0.15) is 17.3 Å². The van der Waals surface area contributed by atoms with Crippen molar-refractivity contribution in [3.63, 3.8) is 0 Å². The van der Waals surface area contributed by atoms with E-state index in [4.69, 9.17) is 0 Å². The minimum atomic E-state index is 0.274. The van der Waals surface area contributed by atoms with E-state index in [1.54, 1.807) is 17.5 Å². The van der Waals surface area contributed by atoms with Crippen molar-refractivity contribution >= 4 is 17.3 Å². The molecule has 100 valence electrons. The fraction of sp³-hybridized carbons (Fsp3) is 0.214. The SMILES string of the molecule is c1ccc(-c2nc3n(n2)C(c2cccs2)CCN3)nc1. The molecule has 3 aromatic heterocycles. The number of anilines is 1. The van der Waals surface area contributed by atoms with Crippen LogP contribution in [0.25, 0.3) is 11.5 Å². The van der Waals surface area contributed by atoms with Crippen LogP contribution in [0, 0.1) is 0 Å². The average molecular weight is 283 g/mol. The molecule has 4 heterocycles. The van der Waals surface area contributed by atoms with Gasteiger partial charge in [-0.05, 0) is 30.0 Å². The van der Waals surface area contributed by atoms with Gasteiger partial charge in [0.1, 0.15) is 5.69 Å². The van der Waals surface area contributed by atoms with Gasteiger partial charge in [-0.3, -0.25) is 4.98 Å². The molecule has 0 aromatic carbocycles. The van der Waals surface area contributed by atoms with E-state index in [9.17, 15) is 0 Å². The second-order valence-corrected chi connectivity index (χ2v) is 5.64. The lowest BCUT2D eigenvalue weighted by atomic mass is 10.1. The molecule has 0 fully saturated rings. The minimum Gasteiger partial charge on any atom is -0.354 e. The summed E-state index contributed by atoms with van der Waals surface area (Å²) in [5, 5.41) is 10.1. The molecule has 0 saturated carbocycles. The van der Waals surface area contributed by atoms with Crippen LogP contribution in [0.4, 0.5) is 5.95 Å². The Balaban J connectivity index is 1.78. The van der Waals surface area contributed by atoms with E-state index >= 15 is 0 Å². The highest BCUT2D eigenvalue weighted by Crippen LogP contribution is 2.32. The van der Waals surface area contributed by atoms with Gasteiger partial charge in [-0.15, -0.1) is 16.4 Å². The summed E-state index contributed by atoms with van der Waals surface area (Å²) in [6, 6.07) is 10.3. The van der Waals surface area contributed by atoms with E-state index in [0.29, 0.717) is 5.82 Å². The van der Waals surface area contributed by atoms with E-state index in [2.05, 4.69) is 37.9 Å². The maximum atomic E-state index is 4.65. The highest BCUT2D eigenvalue weighted by Gasteiger charge is 2.25. The molecule has 0 saturated heterocycles. The summed E-state index contributed by atoms with van der Waals surface area (Å²) >= 11 is 1.77. The van der Waals surface area contributed by atoms with Gasteiger partial charge >= 0.3 is 0 Å². The average Bonchev–Trinajstić information content (AvgIpc) is 3.17. The summed E-state index contributed by atoms with van der Waals surface area (Å²) in [5.41, 5.74) is 0.807. The van der Waals surface area contributed by atoms with Gasteiger partial charge in [-0.2, -0.15) is 4.98 Å². The van der Waals surface area contributed by atoms with Gasteiger partial charge in [0.15, 0.2) is 0 Å². The lowest BCUT2D eigenvalue weighted by molar-refractivity contribution is 0.487. The van der Waals surface area contributed by atoms with Gasteiger partial charge in [0.05, 0.1) is 6.04 Å². The number of fused-ring (bicyclic) bond motifs is 1. The van der Waals surface area contributed by atoms with E-state index in [0.717, 1.165) is 24.6 Å². The molecule has 0 bridgehead atoms. The number of rotatable bonds is 2. The van der Waals surface area contributed by atoms with Gasteiger partial charge in [0, 0.05) is 17.6 Å². The number of aromatic nitrogens is 4. The molecule has 6 heteroatoms. The fourth-order valence-corrected chi connectivity index (χ4v) is 3.30. The van der Waals surface area contributed by atoms with Crippen LogP contribution < -0.4 is 5.32 Å². The molecule has 1 N–H and O–H groups in total.